The van der Waals surface area contributed by atoms with Crippen molar-refractivity contribution in [1.82, 2.24) is 15.3 Å². The number of pyridine rings is 2. The van der Waals surface area contributed by atoms with Gasteiger partial charge >= 0.3 is 0 Å². The van der Waals surface area contributed by atoms with Gasteiger partial charge in [0.1, 0.15) is 11.6 Å². The van der Waals surface area contributed by atoms with Crippen molar-refractivity contribution in [3.05, 3.63) is 35.5 Å². The number of nitrogens with two attached hydrogens (primary N) is 1. The predicted molar refractivity (Wildman–Crippen MR) is 149 cm³/mol. The number of aliphatic hydroxyl groups excluding tert-OH is 1. The van der Waals surface area contributed by atoms with Gasteiger partial charge in [0.05, 0.1) is 16.8 Å². The van der Waals surface area contributed by atoms with Crippen LogP contribution in [0.2, 0.25) is 5.02 Å². The Morgan fingerprint density at radius 2 is 1.78 bits per heavy atom. The molecular formula is C28H41ClN6O2. The van der Waals surface area contributed by atoms with Crippen LogP contribution in [0.15, 0.2) is 30.5 Å². The van der Waals surface area contributed by atoms with Gasteiger partial charge in [0.15, 0.2) is 0 Å². The molecule has 3 aliphatic rings. The van der Waals surface area contributed by atoms with Crippen molar-refractivity contribution in [3.63, 3.8) is 0 Å². The third-order valence-corrected chi connectivity index (χ3v) is 8.55. The van der Waals surface area contributed by atoms with Gasteiger partial charge in [-0.05, 0) is 69.6 Å². The standard InChI is InChI=1S/C28H41ClN6O2/c29-22-17-31-27(34-20-10-8-19(9-11-20)33-24-4-1-2-6-25(24)36)16-21(22)23-5-3-7-26(35-23)32-18-28(30)12-14-37-15-13-28/h3,5,7,16-17,19-20,24-25,33,36H,1-2,4,6,8-15,18,30H2,(H,31,34)(H,32,35)/t19?,20?,24-,25-/m1/s1. The molecule has 6 N–H and O–H groups in total. The molecule has 8 nitrogen and oxygen atoms in total. The van der Waals surface area contributed by atoms with Crippen molar-refractivity contribution in [3.8, 4) is 11.3 Å². The van der Waals surface area contributed by atoms with Crippen LogP contribution in [0.25, 0.3) is 11.3 Å². The SMILES string of the molecule is NC1(CNc2cccc(-c3cc(NC4CCC(N[C@@H]5CCCC[C@H]5O)CC4)ncc3Cl)n2)CCOCC1. The first kappa shape index (κ1) is 26.6. The fourth-order valence-electron chi connectivity index (χ4n) is 5.84. The molecule has 2 saturated carbocycles. The number of aromatic nitrogens is 2. The molecule has 2 aromatic heterocycles. The van der Waals surface area contributed by atoms with Gasteiger partial charge in [0.25, 0.3) is 0 Å². The van der Waals surface area contributed by atoms with Crippen LogP contribution >= 0.6 is 11.6 Å². The molecule has 202 valence electrons. The number of anilines is 2. The Labute approximate surface area is 225 Å². The molecule has 0 amide bonds. The van der Waals surface area contributed by atoms with E-state index in [4.69, 9.17) is 27.1 Å². The highest BCUT2D eigenvalue weighted by molar-refractivity contribution is 6.33. The summed E-state index contributed by atoms with van der Waals surface area (Å²) in [6.45, 7) is 2.06. The molecule has 9 heteroatoms. The number of nitrogens with one attached hydrogen (secondary N) is 3. The van der Waals surface area contributed by atoms with E-state index in [9.17, 15) is 5.11 Å². The van der Waals surface area contributed by atoms with Crippen LogP contribution in [-0.4, -0.2) is 64.6 Å². The highest BCUT2D eigenvalue weighted by atomic mass is 35.5. The summed E-state index contributed by atoms with van der Waals surface area (Å²) in [4.78, 5) is 9.36. The van der Waals surface area contributed by atoms with E-state index < -0.39 is 0 Å². The Morgan fingerprint density at radius 1 is 1.03 bits per heavy atom. The van der Waals surface area contributed by atoms with Crippen LogP contribution in [0.5, 0.6) is 0 Å². The van der Waals surface area contributed by atoms with Gasteiger partial charge in [-0.3, -0.25) is 0 Å². The first-order valence-electron chi connectivity index (χ1n) is 13.9. The van der Waals surface area contributed by atoms with Crippen molar-refractivity contribution >= 4 is 23.2 Å². The zero-order chi connectivity index (χ0) is 25.7. The topological polar surface area (TPSA) is 117 Å². The molecule has 3 heterocycles. The Balaban J connectivity index is 1.17. The van der Waals surface area contributed by atoms with Crippen molar-refractivity contribution in [1.29, 1.82) is 0 Å². The Bertz CT molecular complexity index is 1030. The molecule has 0 unspecified atom stereocenters. The summed E-state index contributed by atoms with van der Waals surface area (Å²) in [6, 6.07) is 9.03. The minimum atomic E-state index is -0.272. The third-order valence-electron chi connectivity index (χ3n) is 8.25. The molecule has 1 aliphatic heterocycles. The maximum Gasteiger partial charge on any atom is 0.126 e. The quantitative estimate of drug-likeness (QED) is 0.343. The maximum absolute atomic E-state index is 10.3. The first-order chi connectivity index (χ1) is 18.0. The molecule has 0 spiro atoms. The smallest absolute Gasteiger partial charge is 0.126 e. The normalized spacial score (nSPS) is 28.0. The monoisotopic (exact) mass is 528 g/mol. The van der Waals surface area contributed by atoms with Crippen molar-refractivity contribution in [2.24, 2.45) is 5.73 Å². The molecule has 0 radical (unpaired) electrons. The van der Waals surface area contributed by atoms with E-state index in [1.807, 2.05) is 24.3 Å². The van der Waals surface area contributed by atoms with Gasteiger partial charge in [0.2, 0.25) is 0 Å². The molecule has 2 aliphatic carbocycles. The fourth-order valence-corrected chi connectivity index (χ4v) is 6.04. The third kappa shape index (κ3) is 7.12. The molecule has 5 rings (SSSR count). The highest BCUT2D eigenvalue weighted by Gasteiger charge is 2.29. The van der Waals surface area contributed by atoms with E-state index in [1.165, 1.54) is 6.42 Å². The molecule has 2 aromatic rings. The van der Waals surface area contributed by atoms with Crippen LogP contribution in [0.3, 0.4) is 0 Å². The summed E-state index contributed by atoms with van der Waals surface area (Å²) in [5.41, 5.74) is 7.92. The van der Waals surface area contributed by atoms with E-state index >= 15 is 0 Å². The number of ether oxygens (including phenoxy) is 1. The maximum atomic E-state index is 10.3. The van der Waals surface area contributed by atoms with Gasteiger partial charge in [-0.1, -0.05) is 30.5 Å². The summed E-state index contributed by atoms with van der Waals surface area (Å²) in [6.07, 6.45) is 11.9. The van der Waals surface area contributed by atoms with Crippen LogP contribution in [0, 0.1) is 0 Å². The number of rotatable bonds is 8. The number of aliphatic hydroxyl groups is 1. The van der Waals surface area contributed by atoms with E-state index in [-0.39, 0.29) is 17.7 Å². The summed E-state index contributed by atoms with van der Waals surface area (Å²) < 4.78 is 5.45. The van der Waals surface area contributed by atoms with Gasteiger partial charge in [-0.25, -0.2) is 9.97 Å². The van der Waals surface area contributed by atoms with Crippen molar-refractivity contribution in [2.75, 3.05) is 30.4 Å². The van der Waals surface area contributed by atoms with Crippen LogP contribution < -0.4 is 21.7 Å². The minimum Gasteiger partial charge on any atom is -0.392 e. The Hall–Kier alpha value is -1.97. The lowest BCUT2D eigenvalue weighted by Gasteiger charge is -2.36. The second-order valence-corrected chi connectivity index (χ2v) is 11.5. The molecule has 2 atom stereocenters. The lowest BCUT2D eigenvalue weighted by atomic mass is 9.87. The molecule has 1 saturated heterocycles. The number of hydrogen-bond acceptors (Lipinski definition) is 8. The van der Waals surface area contributed by atoms with E-state index in [0.29, 0.717) is 36.9 Å². The van der Waals surface area contributed by atoms with E-state index in [1.54, 1.807) is 6.20 Å². The predicted octanol–water partition coefficient (Wildman–Crippen LogP) is 4.33. The van der Waals surface area contributed by atoms with E-state index in [2.05, 4.69) is 20.9 Å². The zero-order valence-corrected chi connectivity index (χ0v) is 22.3. The summed E-state index contributed by atoms with van der Waals surface area (Å²) >= 11 is 6.56. The largest absolute Gasteiger partial charge is 0.392 e. The van der Waals surface area contributed by atoms with Crippen LogP contribution in [0.1, 0.15) is 64.2 Å². The Morgan fingerprint density at radius 3 is 2.57 bits per heavy atom. The van der Waals surface area contributed by atoms with Crippen molar-refractivity contribution in [2.45, 2.75) is 94.0 Å². The summed E-state index contributed by atoms with van der Waals surface area (Å²) in [5.74, 6) is 1.60. The second-order valence-electron chi connectivity index (χ2n) is 11.1. The van der Waals surface area contributed by atoms with Gasteiger partial charge < -0.3 is 31.5 Å². The molecule has 37 heavy (non-hydrogen) atoms. The molecule has 3 fully saturated rings. The minimum absolute atomic E-state index is 0.193. The average molecular weight is 529 g/mol. The van der Waals surface area contributed by atoms with Gasteiger partial charge in [-0.2, -0.15) is 0 Å². The number of halogens is 1. The van der Waals surface area contributed by atoms with Gasteiger partial charge in [0, 0.05) is 55.2 Å². The second kappa shape index (κ2) is 12.3. The summed E-state index contributed by atoms with van der Waals surface area (Å²) in [7, 11) is 0. The molecule has 0 aromatic carbocycles. The number of hydrogen-bond donors (Lipinski definition) is 5. The number of nitrogens with zero attached hydrogens (tertiary/aromatic N) is 2. The van der Waals surface area contributed by atoms with Crippen molar-refractivity contribution < 1.29 is 9.84 Å². The average Bonchev–Trinajstić information content (AvgIpc) is 2.92. The zero-order valence-electron chi connectivity index (χ0n) is 21.6. The first-order valence-corrected chi connectivity index (χ1v) is 14.3. The fraction of sp³-hybridized carbons (Fsp3) is 0.643. The lowest BCUT2D eigenvalue weighted by molar-refractivity contribution is 0.0574. The molecular weight excluding hydrogens is 488 g/mol. The lowest BCUT2D eigenvalue weighted by Crippen LogP contribution is -2.50. The van der Waals surface area contributed by atoms with E-state index in [0.717, 1.165) is 80.7 Å². The van der Waals surface area contributed by atoms with Crippen LogP contribution in [-0.2, 0) is 4.74 Å². The summed E-state index contributed by atoms with van der Waals surface area (Å²) in [5, 5.41) is 21.6. The van der Waals surface area contributed by atoms with Crippen LogP contribution in [0.4, 0.5) is 11.6 Å². The highest BCUT2D eigenvalue weighted by Crippen LogP contribution is 2.31. The Kier molecular flexibility index (Phi) is 8.82. The molecule has 0 bridgehead atoms. The van der Waals surface area contributed by atoms with Gasteiger partial charge in [-0.15, -0.1) is 0 Å².